The predicted octanol–water partition coefficient (Wildman–Crippen LogP) is 3.65. The minimum Gasteiger partial charge on any atom is -0.378 e. The lowest BCUT2D eigenvalue weighted by Gasteiger charge is -2.09. The van der Waals surface area contributed by atoms with Gasteiger partial charge in [0.1, 0.15) is 0 Å². The molecule has 0 fully saturated rings. The summed E-state index contributed by atoms with van der Waals surface area (Å²) in [4.78, 5) is 20.7. The van der Waals surface area contributed by atoms with Crippen LogP contribution in [0.15, 0.2) is 67.1 Å². The molecule has 5 nitrogen and oxygen atoms in total. The Morgan fingerprint density at radius 1 is 1.04 bits per heavy atom. The lowest BCUT2D eigenvalue weighted by Crippen LogP contribution is -2.13. The van der Waals surface area contributed by atoms with Crippen molar-refractivity contribution in [3.63, 3.8) is 0 Å². The van der Waals surface area contributed by atoms with Crippen LogP contribution in [0.5, 0.6) is 0 Å². The third-order valence-electron chi connectivity index (χ3n) is 3.48. The molecule has 0 saturated heterocycles. The Bertz CT molecular complexity index is 834. The van der Waals surface area contributed by atoms with Crippen LogP contribution >= 0.6 is 0 Å². The van der Waals surface area contributed by atoms with Crippen molar-refractivity contribution in [3.05, 3.63) is 83.9 Å². The van der Waals surface area contributed by atoms with Gasteiger partial charge in [0.05, 0.1) is 23.5 Å². The number of hydrogen-bond donors (Lipinski definition) is 2. The van der Waals surface area contributed by atoms with Crippen molar-refractivity contribution in [2.75, 3.05) is 10.6 Å². The molecular formula is C19H18N4O. The number of carbonyl (C=O) groups is 1. The van der Waals surface area contributed by atoms with Gasteiger partial charge in [0.25, 0.3) is 5.91 Å². The van der Waals surface area contributed by atoms with Gasteiger partial charge in [0, 0.05) is 24.3 Å². The molecule has 3 aromatic rings. The zero-order chi connectivity index (χ0) is 16.8. The van der Waals surface area contributed by atoms with Gasteiger partial charge in [0.15, 0.2) is 0 Å². The van der Waals surface area contributed by atoms with E-state index in [0.29, 0.717) is 12.1 Å². The smallest absolute Gasteiger partial charge is 0.257 e. The third kappa shape index (κ3) is 4.16. The number of aromatic nitrogens is 2. The van der Waals surface area contributed by atoms with Gasteiger partial charge in [-0.25, -0.2) is 0 Å². The average Bonchev–Trinajstić information content (AvgIpc) is 2.61. The van der Waals surface area contributed by atoms with E-state index in [-0.39, 0.29) is 5.91 Å². The Labute approximate surface area is 140 Å². The van der Waals surface area contributed by atoms with Gasteiger partial charge in [-0.2, -0.15) is 0 Å². The van der Waals surface area contributed by atoms with Crippen LogP contribution in [0.25, 0.3) is 0 Å². The Kier molecular flexibility index (Phi) is 4.81. The highest BCUT2D eigenvalue weighted by Crippen LogP contribution is 2.14. The van der Waals surface area contributed by atoms with E-state index in [1.54, 1.807) is 24.7 Å². The number of amides is 1. The molecule has 1 aromatic carbocycles. The highest BCUT2D eigenvalue weighted by atomic mass is 16.1. The number of aryl methyl sites for hydroxylation is 1. The zero-order valence-corrected chi connectivity index (χ0v) is 13.4. The summed E-state index contributed by atoms with van der Waals surface area (Å²) in [6, 6.07) is 15.2. The minimum absolute atomic E-state index is 0.186. The normalized spacial score (nSPS) is 10.2. The van der Waals surface area contributed by atoms with E-state index < -0.39 is 0 Å². The van der Waals surface area contributed by atoms with Crippen LogP contribution in [0.4, 0.5) is 11.4 Å². The minimum atomic E-state index is -0.186. The molecule has 0 aliphatic carbocycles. The number of nitrogens with zero attached hydrogens (tertiary/aromatic N) is 2. The van der Waals surface area contributed by atoms with Crippen LogP contribution in [0, 0.1) is 6.92 Å². The van der Waals surface area contributed by atoms with Gasteiger partial charge in [0.2, 0.25) is 0 Å². The van der Waals surface area contributed by atoms with Crippen LogP contribution in [-0.2, 0) is 6.54 Å². The van der Waals surface area contributed by atoms with Crippen molar-refractivity contribution < 1.29 is 4.79 Å². The van der Waals surface area contributed by atoms with E-state index in [0.717, 1.165) is 22.6 Å². The number of anilines is 2. The molecule has 5 heteroatoms. The van der Waals surface area contributed by atoms with Gasteiger partial charge in [-0.15, -0.1) is 0 Å². The first-order valence-electron chi connectivity index (χ1n) is 7.67. The Morgan fingerprint density at radius 2 is 1.96 bits per heavy atom. The first-order valence-corrected chi connectivity index (χ1v) is 7.67. The fourth-order valence-electron chi connectivity index (χ4n) is 2.28. The summed E-state index contributed by atoms with van der Waals surface area (Å²) in [6.07, 6.45) is 4.99. The number of pyridine rings is 2. The molecule has 0 radical (unpaired) electrons. The highest BCUT2D eigenvalue weighted by molar-refractivity contribution is 6.04. The molecule has 0 bridgehead atoms. The van der Waals surface area contributed by atoms with E-state index in [1.165, 1.54) is 0 Å². The van der Waals surface area contributed by atoms with E-state index in [1.807, 2.05) is 49.4 Å². The van der Waals surface area contributed by atoms with Crippen molar-refractivity contribution in [3.8, 4) is 0 Å². The van der Waals surface area contributed by atoms with Crippen molar-refractivity contribution in [2.45, 2.75) is 13.5 Å². The molecule has 2 aromatic heterocycles. The van der Waals surface area contributed by atoms with Gasteiger partial charge in [-0.1, -0.05) is 18.2 Å². The van der Waals surface area contributed by atoms with Crippen molar-refractivity contribution in [1.82, 2.24) is 9.97 Å². The number of nitrogens with one attached hydrogen (secondary N) is 2. The van der Waals surface area contributed by atoms with Crippen LogP contribution in [0.1, 0.15) is 21.6 Å². The second-order valence-electron chi connectivity index (χ2n) is 5.46. The Morgan fingerprint density at radius 3 is 2.75 bits per heavy atom. The molecule has 0 unspecified atom stereocenters. The molecule has 0 aliphatic rings. The maximum atomic E-state index is 12.4. The second kappa shape index (κ2) is 7.37. The predicted molar refractivity (Wildman–Crippen MR) is 94.9 cm³/mol. The summed E-state index contributed by atoms with van der Waals surface area (Å²) in [6.45, 7) is 2.56. The largest absolute Gasteiger partial charge is 0.378 e. The van der Waals surface area contributed by atoms with Crippen LogP contribution < -0.4 is 10.6 Å². The van der Waals surface area contributed by atoms with Gasteiger partial charge in [-0.3, -0.25) is 14.8 Å². The molecule has 2 N–H and O–H groups in total. The van der Waals surface area contributed by atoms with Crippen molar-refractivity contribution in [2.24, 2.45) is 0 Å². The van der Waals surface area contributed by atoms with E-state index in [4.69, 9.17) is 0 Å². The quantitative estimate of drug-likeness (QED) is 0.753. The molecule has 1 amide bonds. The maximum absolute atomic E-state index is 12.4. The Balaban J connectivity index is 1.67. The molecule has 120 valence electrons. The fourth-order valence-corrected chi connectivity index (χ4v) is 2.28. The first kappa shape index (κ1) is 15.7. The first-order chi connectivity index (χ1) is 11.7. The van der Waals surface area contributed by atoms with Crippen LogP contribution in [-0.4, -0.2) is 15.9 Å². The molecule has 2 heterocycles. The van der Waals surface area contributed by atoms with Gasteiger partial charge >= 0.3 is 0 Å². The SMILES string of the molecule is Cc1cccc(NC(=O)c2cncc(NCc3ccccn3)c2)c1. The number of rotatable bonds is 5. The highest BCUT2D eigenvalue weighted by Gasteiger charge is 2.08. The summed E-state index contributed by atoms with van der Waals surface area (Å²) in [5.41, 5.74) is 4.07. The zero-order valence-electron chi connectivity index (χ0n) is 13.4. The standard InChI is InChI=1S/C19H18N4O/c1-14-5-4-7-16(9-14)23-19(24)15-10-18(12-20-11-15)22-13-17-6-2-3-8-21-17/h2-12,22H,13H2,1H3,(H,23,24). The van der Waals surface area contributed by atoms with Crippen molar-refractivity contribution >= 4 is 17.3 Å². The second-order valence-corrected chi connectivity index (χ2v) is 5.46. The monoisotopic (exact) mass is 318 g/mol. The summed E-state index contributed by atoms with van der Waals surface area (Å²) in [5, 5.41) is 6.11. The van der Waals surface area contributed by atoms with Crippen LogP contribution in [0.2, 0.25) is 0 Å². The van der Waals surface area contributed by atoms with E-state index >= 15 is 0 Å². The summed E-state index contributed by atoms with van der Waals surface area (Å²) >= 11 is 0. The number of carbonyl (C=O) groups excluding carboxylic acids is 1. The number of benzene rings is 1. The molecule has 0 atom stereocenters. The van der Waals surface area contributed by atoms with E-state index in [9.17, 15) is 4.79 Å². The van der Waals surface area contributed by atoms with Gasteiger partial charge in [-0.05, 0) is 42.8 Å². The molecule has 3 rings (SSSR count). The number of hydrogen-bond acceptors (Lipinski definition) is 4. The molecular weight excluding hydrogens is 300 g/mol. The van der Waals surface area contributed by atoms with Crippen LogP contribution in [0.3, 0.4) is 0 Å². The molecule has 0 spiro atoms. The molecule has 24 heavy (non-hydrogen) atoms. The average molecular weight is 318 g/mol. The molecule has 0 aliphatic heterocycles. The topological polar surface area (TPSA) is 66.9 Å². The maximum Gasteiger partial charge on any atom is 0.257 e. The summed E-state index contributed by atoms with van der Waals surface area (Å²) < 4.78 is 0. The lowest BCUT2D eigenvalue weighted by molar-refractivity contribution is 0.102. The summed E-state index contributed by atoms with van der Waals surface area (Å²) in [7, 11) is 0. The summed E-state index contributed by atoms with van der Waals surface area (Å²) in [5.74, 6) is -0.186. The molecule has 0 saturated carbocycles. The lowest BCUT2D eigenvalue weighted by atomic mass is 10.2. The third-order valence-corrected chi connectivity index (χ3v) is 3.48. The van der Waals surface area contributed by atoms with Gasteiger partial charge < -0.3 is 10.6 Å². The van der Waals surface area contributed by atoms with E-state index in [2.05, 4.69) is 20.6 Å². The fraction of sp³-hybridized carbons (Fsp3) is 0.105. The Hall–Kier alpha value is -3.21. The van der Waals surface area contributed by atoms with Crippen molar-refractivity contribution in [1.29, 1.82) is 0 Å².